The smallest absolute Gasteiger partial charge is 0.480 e. The summed E-state index contributed by atoms with van der Waals surface area (Å²) in [6, 6.07) is 2.75. The minimum absolute atomic E-state index is 0.155. The van der Waals surface area contributed by atoms with Crippen molar-refractivity contribution in [2.24, 2.45) is 17.1 Å². The minimum atomic E-state index is -1.40. The highest BCUT2D eigenvalue weighted by atomic mass is 16.7. The second kappa shape index (κ2) is 13.3. The van der Waals surface area contributed by atoms with Gasteiger partial charge in [-0.3, -0.25) is 9.59 Å². The number of carbonyl (C=O) groups excluding carboxylic acids is 3. The van der Waals surface area contributed by atoms with Crippen molar-refractivity contribution >= 4 is 24.2 Å². The van der Waals surface area contributed by atoms with Gasteiger partial charge in [-0.25, -0.2) is 9.59 Å². The van der Waals surface area contributed by atoms with Gasteiger partial charge in [-0.05, 0) is 73.1 Å². The molecule has 1 aromatic carbocycles. The largest absolute Gasteiger partial charge is 0.514 e. The molecular formula is C26H39NO10. The fourth-order valence-corrected chi connectivity index (χ4v) is 3.25. The molecular weight excluding hydrogens is 486 g/mol. The van der Waals surface area contributed by atoms with Crippen LogP contribution in [0, 0.1) is 11.3 Å². The molecule has 0 radical (unpaired) electrons. The van der Waals surface area contributed by atoms with E-state index in [1.165, 1.54) is 18.2 Å². The first-order valence-electron chi connectivity index (χ1n) is 12.0. The summed E-state index contributed by atoms with van der Waals surface area (Å²) in [5.41, 5.74) is 5.64. The Balaban J connectivity index is 3.48. The zero-order valence-corrected chi connectivity index (χ0v) is 22.9. The molecule has 0 saturated carbocycles. The van der Waals surface area contributed by atoms with E-state index in [4.69, 9.17) is 29.4 Å². The Bertz CT molecular complexity index is 967. The lowest BCUT2D eigenvalue weighted by Crippen LogP contribution is -2.43. The molecule has 0 aliphatic carbocycles. The van der Waals surface area contributed by atoms with Crippen LogP contribution in [0.2, 0.25) is 0 Å². The summed E-state index contributed by atoms with van der Waals surface area (Å²) in [7, 11) is 0. The Morgan fingerprint density at radius 3 is 1.73 bits per heavy atom. The Kier molecular flexibility index (Phi) is 11.4. The standard InChI is InChI=1S/C26H39NO10/c1-13(2)33-24(31)36-18-11-10-17(12-19(18)37-25(32)34-14(3)4)20(21(27)22(28)29)15(5)16(6)35-23(30)26(7,8)9/h10-16,20-21H,27H2,1-9H3,(H,28,29)/t15?,16?,20?,21-/m0/s1. The number of rotatable bonds is 10. The van der Waals surface area contributed by atoms with Crippen LogP contribution < -0.4 is 15.2 Å². The normalized spacial score (nSPS) is 14.8. The van der Waals surface area contributed by atoms with Crippen molar-refractivity contribution in [2.75, 3.05) is 0 Å². The number of carboxylic acids is 1. The molecule has 4 atom stereocenters. The molecule has 0 aliphatic rings. The van der Waals surface area contributed by atoms with E-state index in [2.05, 4.69) is 0 Å². The SMILES string of the molecule is CC(C)OC(=O)Oc1ccc(C(C(C)C(C)OC(=O)C(C)(C)C)[C@H](N)C(=O)O)cc1OC(=O)OC(C)C. The maximum atomic E-state index is 12.4. The number of aliphatic carboxylic acids is 1. The fraction of sp³-hybridized carbons (Fsp3) is 0.615. The molecule has 11 heteroatoms. The van der Waals surface area contributed by atoms with Crippen LogP contribution in [0.3, 0.4) is 0 Å². The summed E-state index contributed by atoms with van der Waals surface area (Å²) in [6.45, 7) is 15.0. The summed E-state index contributed by atoms with van der Waals surface area (Å²) in [5, 5.41) is 9.70. The first-order chi connectivity index (χ1) is 16.9. The van der Waals surface area contributed by atoms with Gasteiger partial charge in [-0.15, -0.1) is 0 Å². The van der Waals surface area contributed by atoms with E-state index in [9.17, 15) is 24.3 Å². The highest BCUT2D eigenvalue weighted by molar-refractivity contribution is 5.76. The topological polar surface area (TPSA) is 161 Å². The van der Waals surface area contributed by atoms with Gasteiger partial charge in [-0.2, -0.15) is 0 Å². The quantitative estimate of drug-likeness (QED) is 0.249. The predicted octanol–water partition coefficient (Wildman–Crippen LogP) is 4.64. The van der Waals surface area contributed by atoms with Gasteiger partial charge in [0, 0.05) is 11.8 Å². The van der Waals surface area contributed by atoms with Crippen LogP contribution in [0.25, 0.3) is 0 Å². The van der Waals surface area contributed by atoms with Crippen LogP contribution in [0.15, 0.2) is 18.2 Å². The molecule has 1 rings (SSSR count). The molecule has 11 nitrogen and oxygen atoms in total. The van der Waals surface area contributed by atoms with Crippen molar-refractivity contribution in [3.63, 3.8) is 0 Å². The Hall–Kier alpha value is -3.34. The number of carbonyl (C=O) groups is 4. The Labute approximate surface area is 217 Å². The minimum Gasteiger partial charge on any atom is -0.480 e. The third-order valence-corrected chi connectivity index (χ3v) is 5.29. The first kappa shape index (κ1) is 31.7. The lowest BCUT2D eigenvalue weighted by molar-refractivity contribution is -0.160. The number of hydrogen-bond acceptors (Lipinski definition) is 10. The second-order valence-corrected chi connectivity index (χ2v) is 10.4. The van der Waals surface area contributed by atoms with Crippen molar-refractivity contribution in [3.8, 4) is 11.5 Å². The summed E-state index contributed by atoms with van der Waals surface area (Å²) < 4.78 is 26.0. The van der Waals surface area contributed by atoms with Crippen LogP contribution in [-0.4, -0.2) is 53.7 Å². The van der Waals surface area contributed by atoms with Gasteiger partial charge in [0.25, 0.3) is 0 Å². The van der Waals surface area contributed by atoms with E-state index >= 15 is 0 Å². The van der Waals surface area contributed by atoms with Crippen molar-refractivity contribution in [1.29, 1.82) is 0 Å². The van der Waals surface area contributed by atoms with Crippen LogP contribution in [0.4, 0.5) is 9.59 Å². The van der Waals surface area contributed by atoms with Gasteiger partial charge in [0.05, 0.1) is 17.6 Å². The van der Waals surface area contributed by atoms with Crippen LogP contribution in [0.1, 0.15) is 73.8 Å². The number of carboxylic acid groups (broad SMARTS) is 1. The summed E-state index contributed by atoms with van der Waals surface area (Å²) in [4.78, 5) is 48.6. The molecule has 3 unspecified atom stereocenters. The van der Waals surface area contributed by atoms with E-state index < -0.39 is 65.9 Å². The lowest BCUT2D eigenvalue weighted by Gasteiger charge is -2.33. The lowest BCUT2D eigenvalue weighted by atomic mass is 9.79. The van der Waals surface area contributed by atoms with Gasteiger partial charge in [-0.1, -0.05) is 13.0 Å². The van der Waals surface area contributed by atoms with Gasteiger partial charge < -0.3 is 34.5 Å². The molecule has 0 aliphatic heterocycles. The zero-order chi connectivity index (χ0) is 28.7. The highest BCUT2D eigenvalue weighted by Crippen LogP contribution is 2.37. The van der Waals surface area contributed by atoms with Crippen LogP contribution in [-0.2, 0) is 23.8 Å². The monoisotopic (exact) mass is 525 g/mol. The Morgan fingerprint density at radius 1 is 0.811 bits per heavy atom. The predicted molar refractivity (Wildman–Crippen MR) is 133 cm³/mol. The molecule has 0 amide bonds. The maximum absolute atomic E-state index is 12.4. The van der Waals surface area contributed by atoms with E-state index in [0.717, 1.165) is 0 Å². The van der Waals surface area contributed by atoms with E-state index in [1.54, 1.807) is 62.3 Å². The molecule has 0 aromatic heterocycles. The average molecular weight is 526 g/mol. The maximum Gasteiger partial charge on any atom is 0.514 e. The van der Waals surface area contributed by atoms with E-state index in [-0.39, 0.29) is 11.5 Å². The Morgan fingerprint density at radius 2 is 1.30 bits per heavy atom. The third kappa shape index (κ3) is 9.91. The van der Waals surface area contributed by atoms with Crippen molar-refractivity contribution < 1.29 is 48.0 Å². The van der Waals surface area contributed by atoms with E-state index in [1.807, 2.05) is 0 Å². The summed E-state index contributed by atoms with van der Waals surface area (Å²) >= 11 is 0. The van der Waals surface area contributed by atoms with Gasteiger partial charge in [0.1, 0.15) is 12.1 Å². The van der Waals surface area contributed by atoms with Gasteiger partial charge in [0.2, 0.25) is 0 Å². The molecule has 208 valence electrons. The molecule has 37 heavy (non-hydrogen) atoms. The number of ether oxygens (including phenoxy) is 5. The highest BCUT2D eigenvalue weighted by Gasteiger charge is 2.37. The summed E-state index contributed by atoms with van der Waals surface area (Å²) in [5.74, 6) is -3.57. The zero-order valence-electron chi connectivity index (χ0n) is 22.9. The summed E-state index contributed by atoms with van der Waals surface area (Å²) in [6.07, 6.45) is -3.75. The third-order valence-electron chi connectivity index (χ3n) is 5.29. The van der Waals surface area contributed by atoms with Crippen LogP contribution >= 0.6 is 0 Å². The number of benzene rings is 1. The molecule has 0 saturated heterocycles. The first-order valence-corrected chi connectivity index (χ1v) is 12.0. The number of esters is 1. The van der Waals surface area contributed by atoms with Crippen LogP contribution in [0.5, 0.6) is 11.5 Å². The molecule has 0 spiro atoms. The molecule has 0 fully saturated rings. The average Bonchev–Trinajstić information content (AvgIpc) is 2.73. The molecule has 1 aromatic rings. The molecule has 3 N–H and O–H groups in total. The van der Waals surface area contributed by atoms with Crippen molar-refractivity contribution in [3.05, 3.63) is 23.8 Å². The molecule has 0 bridgehead atoms. The number of hydrogen-bond donors (Lipinski definition) is 2. The van der Waals surface area contributed by atoms with Crippen molar-refractivity contribution in [2.45, 2.75) is 92.6 Å². The fourth-order valence-electron chi connectivity index (χ4n) is 3.25. The van der Waals surface area contributed by atoms with Gasteiger partial charge >= 0.3 is 24.2 Å². The van der Waals surface area contributed by atoms with Gasteiger partial charge in [0.15, 0.2) is 11.5 Å². The number of nitrogens with two attached hydrogens (primary N) is 1. The van der Waals surface area contributed by atoms with E-state index in [0.29, 0.717) is 5.56 Å². The second-order valence-electron chi connectivity index (χ2n) is 10.4. The van der Waals surface area contributed by atoms with Crippen molar-refractivity contribution in [1.82, 2.24) is 0 Å². The molecule has 0 heterocycles.